The number of hydrogen-bond donors (Lipinski definition) is 1. The second-order valence-corrected chi connectivity index (χ2v) is 8.13. The number of aliphatic hydroxyl groups is 1. The third-order valence-electron chi connectivity index (χ3n) is 4.71. The molecule has 2 aromatic carbocycles. The first kappa shape index (κ1) is 21.8. The number of nitrogens with zero attached hydrogens (tertiary/aromatic N) is 2. The summed E-state index contributed by atoms with van der Waals surface area (Å²) in [5.41, 5.74) is 3.15. The lowest BCUT2D eigenvalue weighted by Gasteiger charge is -2.27. The van der Waals surface area contributed by atoms with Gasteiger partial charge < -0.3 is 14.7 Å². The van der Waals surface area contributed by atoms with Crippen LogP contribution >= 0.6 is 11.6 Å². The highest BCUT2D eigenvalue weighted by Crippen LogP contribution is 2.20. The molecule has 0 spiro atoms. The predicted octanol–water partition coefficient (Wildman–Crippen LogP) is 4.12. The molecule has 1 N–H and O–H groups in total. The topological polar surface area (TPSA) is 54.3 Å². The van der Waals surface area contributed by atoms with E-state index in [-0.39, 0.29) is 12.2 Å². The summed E-state index contributed by atoms with van der Waals surface area (Å²) in [5, 5.41) is 15.4. The van der Waals surface area contributed by atoms with Gasteiger partial charge >= 0.3 is 0 Å². The van der Waals surface area contributed by atoms with E-state index in [2.05, 4.69) is 22.2 Å². The second-order valence-electron chi connectivity index (χ2n) is 7.69. The molecule has 0 bridgehead atoms. The summed E-state index contributed by atoms with van der Waals surface area (Å²) < 4.78 is 5.57. The van der Waals surface area contributed by atoms with Gasteiger partial charge in [0, 0.05) is 31.1 Å². The molecule has 1 aliphatic rings. The van der Waals surface area contributed by atoms with Crippen molar-refractivity contribution in [2.75, 3.05) is 19.7 Å². The molecular weight excluding hydrogens is 388 g/mol. The smallest absolute Gasteiger partial charge is 0.145 e. The van der Waals surface area contributed by atoms with Crippen molar-refractivity contribution in [3.05, 3.63) is 70.7 Å². The third kappa shape index (κ3) is 7.12. The quantitative estimate of drug-likeness (QED) is 0.633. The number of oxime groups is 1. The molecule has 0 aromatic heterocycles. The maximum absolute atomic E-state index is 10.4. The highest BCUT2D eigenvalue weighted by Gasteiger charge is 2.26. The average molecular weight is 417 g/mol. The molecule has 0 amide bonds. The molecule has 29 heavy (non-hydrogen) atoms. The lowest BCUT2D eigenvalue weighted by Crippen LogP contribution is -2.39. The van der Waals surface area contributed by atoms with E-state index in [4.69, 9.17) is 21.2 Å². The number of hydrogen-bond acceptors (Lipinski definition) is 5. The van der Waals surface area contributed by atoms with Gasteiger partial charge in [0.25, 0.3) is 0 Å². The van der Waals surface area contributed by atoms with Crippen LogP contribution in [-0.2, 0) is 16.1 Å². The summed E-state index contributed by atoms with van der Waals surface area (Å²) in [6.07, 6.45) is 0.216. The molecule has 3 rings (SSSR count). The van der Waals surface area contributed by atoms with Crippen LogP contribution in [0, 0.1) is 0 Å². The molecule has 5 nitrogen and oxygen atoms in total. The Morgan fingerprint density at radius 1 is 1.17 bits per heavy atom. The van der Waals surface area contributed by atoms with Crippen LogP contribution < -0.4 is 0 Å². The van der Waals surface area contributed by atoms with Crippen molar-refractivity contribution in [1.29, 1.82) is 0 Å². The summed E-state index contributed by atoms with van der Waals surface area (Å²) in [7, 11) is 0. The van der Waals surface area contributed by atoms with Crippen molar-refractivity contribution in [2.24, 2.45) is 5.16 Å². The van der Waals surface area contributed by atoms with Crippen molar-refractivity contribution in [3.63, 3.8) is 0 Å². The number of rotatable bonds is 10. The predicted molar refractivity (Wildman–Crippen MR) is 116 cm³/mol. The zero-order valence-electron chi connectivity index (χ0n) is 17.0. The Morgan fingerprint density at radius 2 is 1.90 bits per heavy atom. The summed E-state index contributed by atoms with van der Waals surface area (Å²) in [6, 6.07) is 17.9. The van der Waals surface area contributed by atoms with Crippen molar-refractivity contribution in [2.45, 2.75) is 45.1 Å². The molecule has 1 heterocycles. The minimum atomic E-state index is -0.556. The fourth-order valence-electron chi connectivity index (χ4n) is 3.33. The van der Waals surface area contributed by atoms with E-state index in [1.807, 2.05) is 56.3 Å². The van der Waals surface area contributed by atoms with E-state index < -0.39 is 6.10 Å². The first-order valence-electron chi connectivity index (χ1n) is 10.0. The largest absolute Gasteiger partial charge is 0.390 e. The molecule has 0 saturated heterocycles. The molecule has 0 aliphatic carbocycles. The van der Waals surface area contributed by atoms with Gasteiger partial charge in [-0.25, -0.2) is 0 Å². The average Bonchev–Trinajstić information content (AvgIpc) is 3.16. The number of halogens is 1. The van der Waals surface area contributed by atoms with Gasteiger partial charge in [0.05, 0.1) is 24.5 Å². The fraction of sp³-hybridized carbons (Fsp3) is 0.435. The van der Waals surface area contributed by atoms with Crippen LogP contribution in [0.25, 0.3) is 0 Å². The summed E-state index contributed by atoms with van der Waals surface area (Å²) in [6.45, 7) is 6.18. The van der Waals surface area contributed by atoms with Crippen LogP contribution in [0.15, 0.2) is 59.8 Å². The molecule has 0 radical (unpaired) electrons. The van der Waals surface area contributed by atoms with Gasteiger partial charge in [-0.3, -0.25) is 4.90 Å². The zero-order valence-corrected chi connectivity index (χ0v) is 17.8. The van der Waals surface area contributed by atoms with Crippen LogP contribution in [0.5, 0.6) is 0 Å². The minimum Gasteiger partial charge on any atom is -0.390 e. The number of aliphatic hydroxyl groups excluding tert-OH is 1. The highest BCUT2D eigenvalue weighted by molar-refractivity contribution is 6.30. The van der Waals surface area contributed by atoms with E-state index >= 15 is 0 Å². The molecule has 2 aromatic rings. The normalized spacial score (nSPS) is 17.4. The molecule has 156 valence electrons. The van der Waals surface area contributed by atoms with Gasteiger partial charge in [-0.2, -0.15) is 0 Å². The highest BCUT2D eigenvalue weighted by atomic mass is 35.5. The maximum Gasteiger partial charge on any atom is 0.145 e. The van der Waals surface area contributed by atoms with Crippen molar-refractivity contribution < 1.29 is 14.7 Å². The van der Waals surface area contributed by atoms with Crippen molar-refractivity contribution in [1.82, 2.24) is 4.90 Å². The van der Waals surface area contributed by atoms with Crippen molar-refractivity contribution in [3.8, 4) is 0 Å². The lowest BCUT2D eigenvalue weighted by molar-refractivity contribution is -0.0194. The lowest BCUT2D eigenvalue weighted by atomic mass is 10.0. The van der Waals surface area contributed by atoms with E-state index in [0.717, 1.165) is 24.2 Å². The zero-order chi connectivity index (χ0) is 20.6. The molecule has 6 heteroatoms. The third-order valence-corrected chi connectivity index (χ3v) is 4.96. The Hall–Kier alpha value is -1.92. The Kier molecular flexibility index (Phi) is 8.07. The van der Waals surface area contributed by atoms with E-state index in [9.17, 15) is 5.11 Å². The van der Waals surface area contributed by atoms with Crippen molar-refractivity contribution >= 4 is 17.3 Å². The van der Waals surface area contributed by atoms with Gasteiger partial charge in [-0.15, -0.1) is 0 Å². The van der Waals surface area contributed by atoms with Gasteiger partial charge in [0.15, 0.2) is 0 Å². The molecule has 0 unspecified atom stereocenters. The van der Waals surface area contributed by atoms with Crippen LogP contribution in [0.1, 0.15) is 31.4 Å². The van der Waals surface area contributed by atoms with E-state index in [1.165, 1.54) is 5.56 Å². The molecule has 0 saturated carbocycles. The van der Waals surface area contributed by atoms with Gasteiger partial charge in [-0.1, -0.05) is 59.2 Å². The van der Waals surface area contributed by atoms with Gasteiger partial charge in [0.2, 0.25) is 0 Å². The second kappa shape index (κ2) is 10.7. The first-order valence-corrected chi connectivity index (χ1v) is 10.4. The fourth-order valence-corrected chi connectivity index (χ4v) is 3.45. The molecule has 2 atom stereocenters. The minimum absolute atomic E-state index is 0.0531. The Labute approximate surface area is 177 Å². The summed E-state index contributed by atoms with van der Waals surface area (Å²) in [5.74, 6) is 0. The Bertz CT molecular complexity index is 780. The monoisotopic (exact) mass is 416 g/mol. The van der Waals surface area contributed by atoms with Crippen LogP contribution in [0.4, 0.5) is 0 Å². The number of benzene rings is 2. The van der Waals surface area contributed by atoms with Gasteiger partial charge in [0.1, 0.15) is 6.10 Å². The van der Waals surface area contributed by atoms with Crippen LogP contribution in [-0.4, -0.2) is 53.7 Å². The SMILES string of the molecule is CC(C)OC[C@@H](O)CN(Cc1ccccc1)C[C@@H]1CC(c2ccc(Cl)cc2)=NO1. The van der Waals surface area contributed by atoms with Crippen LogP contribution in [0.3, 0.4) is 0 Å². The number of ether oxygens (including phenoxy) is 1. The van der Waals surface area contributed by atoms with E-state index in [1.54, 1.807) is 0 Å². The molecule has 0 fully saturated rings. The Morgan fingerprint density at radius 3 is 2.59 bits per heavy atom. The van der Waals surface area contributed by atoms with E-state index in [0.29, 0.717) is 24.7 Å². The summed E-state index contributed by atoms with van der Waals surface area (Å²) in [4.78, 5) is 7.90. The van der Waals surface area contributed by atoms with Crippen LogP contribution in [0.2, 0.25) is 5.02 Å². The molecular formula is C23H29ClN2O3. The standard InChI is InChI=1S/C23H29ClN2O3/c1-17(2)28-16-21(27)14-26(13-18-6-4-3-5-7-18)15-22-12-23(25-29-22)19-8-10-20(24)11-9-19/h3-11,17,21-22,27H,12-16H2,1-2H3/t21-,22-/m0/s1. The molecule has 1 aliphatic heterocycles. The first-order chi connectivity index (χ1) is 14.0. The Balaban J connectivity index is 1.59. The summed E-state index contributed by atoms with van der Waals surface area (Å²) >= 11 is 5.97. The van der Waals surface area contributed by atoms with Gasteiger partial charge in [-0.05, 0) is 37.1 Å². The maximum atomic E-state index is 10.4.